The Morgan fingerprint density at radius 2 is 2.11 bits per heavy atom. The normalized spacial score (nSPS) is 13.3. The van der Waals surface area contributed by atoms with E-state index in [1.54, 1.807) is 0 Å². The van der Waals surface area contributed by atoms with Crippen LogP contribution in [0.3, 0.4) is 0 Å². The van der Waals surface area contributed by atoms with E-state index >= 15 is 0 Å². The third kappa shape index (κ3) is 3.91. The van der Waals surface area contributed by atoms with Crippen molar-refractivity contribution >= 4 is 34.3 Å². The van der Waals surface area contributed by atoms with Crippen molar-refractivity contribution in [2.45, 2.75) is 32.1 Å². The number of hydrogen-bond donors (Lipinski definition) is 1. The standard InChI is InChI=1S/C15H20ClNOS/c1-4-17-13(9-19-10(2)3)15-8-11-7-12(16)5-6-14(11)18-15/h5-8,10,13,17H,4,9H2,1-3H3. The second-order valence-corrected chi connectivity index (χ2v) is 6.87. The Bertz CT molecular complexity index is 538. The SMILES string of the molecule is CCNC(CSC(C)C)c1cc2cc(Cl)ccc2o1. The molecule has 2 aromatic rings. The Hall–Kier alpha value is -0.640. The van der Waals surface area contributed by atoms with E-state index in [1.165, 1.54) is 0 Å². The smallest absolute Gasteiger partial charge is 0.134 e. The molecule has 0 fully saturated rings. The minimum atomic E-state index is 0.253. The van der Waals surface area contributed by atoms with Gasteiger partial charge in [-0.15, -0.1) is 0 Å². The van der Waals surface area contributed by atoms with Gasteiger partial charge >= 0.3 is 0 Å². The molecule has 0 amide bonds. The number of fused-ring (bicyclic) bond motifs is 1. The van der Waals surface area contributed by atoms with Crippen LogP contribution in [0.2, 0.25) is 5.02 Å². The highest BCUT2D eigenvalue weighted by atomic mass is 35.5. The summed E-state index contributed by atoms with van der Waals surface area (Å²) in [6.07, 6.45) is 0. The van der Waals surface area contributed by atoms with Crippen LogP contribution in [0.1, 0.15) is 32.6 Å². The Balaban J connectivity index is 2.22. The van der Waals surface area contributed by atoms with Gasteiger partial charge in [-0.1, -0.05) is 32.4 Å². The molecule has 1 aromatic heterocycles. The molecule has 4 heteroatoms. The van der Waals surface area contributed by atoms with Gasteiger partial charge in [0.25, 0.3) is 0 Å². The highest BCUT2D eigenvalue weighted by molar-refractivity contribution is 7.99. The third-order valence-electron chi connectivity index (χ3n) is 2.89. The molecule has 0 aliphatic rings. The Morgan fingerprint density at radius 3 is 2.79 bits per heavy atom. The molecule has 0 aliphatic carbocycles. The highest BCUT2D eigenvalue weighted by Gasteiger charge is 2.16. The molecule has 1 atom stereocenters. The topological polar surface area (TPSA) is 25.2 Å². The molecule has 2 rings (SSSR count). The van der Waals surface area contributed by atoms with Gasteiger partial charge in [-0.2, -0.15) is 11.8 Å². The van der Waals surface area contributed by atoms with Gasteiger partial charge in [0.1, 0.15) is 11.3 Å². The van der Waals surface area contributed by atoms with Crippen LogP contribution in [0, 0.1) is 0 Å². The Kier molecular flexibility index (Phi) is 5.20. The summed E-state index contributed by atoms with van der Waals surface area (Å²) in [5.74, 6) is 2.01. The zero-order chi connectivity index (χ0) is 13.8. The van der Waals surface area contributed by atoms with Crippen molar-refractivity contribution in [2.24, 2.45) is 0 Å². The maximum Gasteiger partial charge on any atom is 0.134 e. The van der Waals surface area contributed by atoms with E-state index in [2.05, 4.69) is 32.2 Å². The van der Waals surface area contributed by atoms with Gasteiger partial charge in [0.15, 0.2) is 0 Å². The fourth-order valence-electron chi connectivity index (χ4n) is 1.98. The number of furan rings is 1. The molecule has 0 spiro atoms. The van der Waals surface area contributed by atoms with Crippen LogP contribution < -0.4 is 5.32 Å². The molecule has 1 unspecified atom stereocenters. The second kappa shape index (κ2) is 6.69. The van der Waals surface area contributed by atoms with Crippen LogP contribution in [0.25, 0.3) is 11.0 Å². The van der Waals surface area contributed by atoms with Gasteiger partial charge < -0.3 is 9.73 Å². The summed E-state index contributed by atoms with van der Waals surface area (Å²) >= 11 is 7.95. The van der Waals surface area contributed by atoms with E-state index in [-0.39, 0.29) is 6.04 Å². The van der Waals surface area contributed by atoms with Gasteiger partial charge in [-0.3, -0.25) is 0 Å². The van der Waals surface area contributed by atoms with Gasteiger partial charge in [0.05, 0.1) is 6.04 Å². The lowest BCUT2D eigenvalue weighted by Gasteiger charge is -2.16. The number of nitrogens with one attached hydrogen (secondary N) is 1. The van der Waals surface area contributed by atoms with Crippen LogP contribution in [-0.2, 0) is 0 Å². The molecular weight excluding hydrogens is 278 g/mol. The number of hydrogen-bond acceptors (Lipinski definition) is 3. The monoisotopic (exact) mass is 297 g/mol. The zero-order valence-corrected chi connectivity index (χ0v) is 13.1. The molecule has 1 N–H and O–H groups in total. The first-order chi connectivity index (χ1) is 9.10. The molecule has 2 nitrogen and oxygen atoms in total. The minimum absolute atomic E-state index is 0.253. The molecule has 1 heterocycles. The molecule has 0 saturated heterocycles. The molecule has 19 heavy (non-hydrogen) atoms. The van der Waals surface area contributed by atoms with Crippen molar-refractivity contribution in [1.29, 1.82) is 0 Å². The van der Waals surface area contributed by atoms with Gasteiger partial charge in [0.2, 0.25) is 0 Å². The summed E-state index contributed by atoms with van der Waals surface area (Å²) in [4.78, 5) is 0. The van der Waals surface area contributed by atoms with Crippen molar-refractivity contribution in [2.75, 3.05) is 12.3 Å². The number of halogens is 1. The van der Waals surface area contributed by atoms with Crippen molar-refractivity contribution in [3.8, 4) is 0 Å². The fourth-order valence-corrected chi connectivity index (χ4v) is 3.02. The third-order valence-corrected chi connectivity index (χ3v) is 4.32. The summed E-state index contributed by atoms with van der Waals surface area (Å²) < 4.78 is 5.94. The van der Waals surface area contributed by atoms with E-state index in [9.17, 15) is 0 Å². The maximum absolute atomic E-state index is 6.01. The molecule has 104 valence electrons. The van der Waals surface area contributed by atoms with E-state index in [4.69, 9.17) is 16.0 Å². The van der Waals surface area contributed by atoms with Crippen LogP contribution in [0.4, 0.5) is 0 Å². The van der Waals surface area contributed by atoms with E-state index in [0.717, 1.165) is 34.0 Å². The predicted molar refractivity (Wildman–Crippen MR) is 85.2 cm³/mol. The lowest BCUT2D eigenvalue weighted by molar-refractivity contribution is 0.463. The van der Waals surface area contributed by atoms with Crippen molar-refractivity contribution in [3.05, 3.63) is 35.0 Å². The lowest BCUT2D eigenvalue weighted by Crippen LogP contribution is -2.23. The first-order valence-corrected chi connectivity index (χ1v) is 8.06. The molecular formula is C15H20ClNOS. The van der Waals surface area contributed by atoms with Crippen LogP contribution in [-0.4, -0.2) is 17.5 Å². The highest BCUT2D eigenvalue weighted by Crippen LogP contribution is 2.28. The Labute approximate surface area is 123 Å². The average molecular weight is 298 g/mol. The maximum atomic E-state index is 6.01. The molecule has 1 aromatic carbocycles. The van der Waals surface area contributed by atoms with Gasteiger partial charge in [0, 0.05) is 16.2 Å². The molecule has 0 radical (unpaired) electrons. The van der Waals surface area contributed by atoms with Crippen molar-refractivity contribution in [1.82, 2.24) is 5.32 Å². The summed E-state index contributed by atoms with van der Waals surface area (Å²) in [7, 11) is 0. The molecule has 0 bridgehead atoms. The summed E-state index contributed by atoms with van der Waals surface area (Å²) in [6, 6.07) is 8.09. The van der Waals surface area contributed by atoms with Crippen molar-refractivity contribution in [3.63, 3.8) is 0 Å². The average Bonchev–Trinajstić information content (AvgIpc) is 2.76. The summed E-state index contributed by atoms with van der Waals surface area (Å²) in [5.41, 5.74) is 0.900. The first-order valence-electron chi connectivity index (χ1n) is 6.64. The van der Waals surface area contributed by atoms with Crippen LogP contribution in [0.15, 0.2) is 28.7 Å². The van der Waals surface area contributed by atoms with Gasteiger partial charge in [-0.05, 0) is 36.1 Å². The number of rotatable bonds is 6. The Morgan fingerprint density at radius 1 is 1.32 bits per heavy atom. The largest absolute Gasteiger partial charge is 0.459 e. The number of benzene rings is 1. The van der Waals surface area contributed by atoms with Crippen molar-refractivity contribution < 1.29 is 4.42 Å². The van der Waals surface area contributed by atoms with E-state index in [0.29, 0.717) is 5.25 Å². The zero-order valence-electron chi connectivity index (χ0n) is 11.6. The predicted octanol–water partition coefficient (Wildman–Crippen LogP) is 4.88. The second-order valence-electron chi connectivity index (χ2n) is 4.82. The minimum Gasteiger partial charge on any atom is -0.459 e. The lowest BCUT2D eigenvalue weighted by atomic mass is 10.2. The fraction of sp³-hybridized carbons (Fsp3) is 0.467. The summed E-state index contributed by atoms with van der Waals surface area (Å²) in [6.45, 7) is 7.48. The first kappa shape index (κ1) is 14.8. The van der Waals surface area contributed by atoms with Crippen LogP contribution >= 0.6 is 23.4 Å². The molecule has 0 saturated carbocycles. The van der Waals surface area contributed by atoms with Gasteiger partial charge in [-0.25, -0.2) is 0 Å². The van der Waals surface area contributed by atoms with E-state index in [1.807, 2.05) is 30.0 Å². The van der Waals surface area contributed by atoms with Crippen LogP contribution in [0.5, 0.6) is 0 Å². The quantitative estimate of drug-likeness (QED) is 0.823. The summed E-state index contributed by atoms with van der Waals surface area (Å²) in [5, 5.41) is 5.92. The molecule has 0 aliphatic heterocycles. The number of thioether (sulfide) groups is 1. The van der Waals surface area contributed by atoms with E-state index < -0.39 is 0 Å².